The van der Waals surface area contributed by atoms with Crippen molar-refractivity contribution in [1.82, 2.24) is 9.88 Å². The summed E-state index contributed by atoms with van der Waals surface area (Å²) in [6.07, 6.45) is 5.80. The van der Waals surface area contributed by atoms with Crippen LogP contribution in [0.5, 0.6) is 0 Å². The van der Waals surface area contributed by atoms with Crippen molar-refractivity contribution in [2.45, 2.75) is 40.0 Å². The van der Waals surface area contributed by atoms with Gasteiger partial charge in [0.05, 0.1) is 0 Å². The lowest BCUT2D eigenvalue weighted by Crippen LogP contribution is -2.52. The van der Waals surface area contributed by atoms with Gasteiger partial charge in [0.15, 0.2) is 0 Å². The molecular weight excluding hydrogens is 328 g/mol. The van der Waals surface area contributed by atoms with Crippen molar-refractivity contribution < 1.29 is 9.59 Å². The van der Waals surface area contributed by atoms with Crippen LogP contribution in [0.15, 0.2) is 24.5 Å². The molecule has 6 nitrogen and oxygen atoms in total. The molecule has 1 aromatic heterocycles. The first-order valence-corrected chi connectivity index (χ1v) is 9.67. The number of primary amides is 1. The van der Waals surface area contributed by atoms with Gasteiger partial charge in [-0.15, -0.1) is 0 Å². The number of hydrogen-bond acceptors (Lipinski definition) is 4. The van der Waals surface area contributed by atoms with Crippen molar-refractivity contribution in [3.63, 3.8) is 0 Å². The van der Waals surface area contributed by atoms with Gasteiger partial charge in [-0.05, 0) is 30.9 Å². The Labute approximate surface area is 156 Å². The molecule has 6 heteroatoms. The van der Waals surface area contributed by atoms with E-state index in [1.807, 2.05) is 24.0 Å². The molecule has 1 saturated heterocycles. The van der Waals surface area contributed by atoms with Crippen LogP contribution in [0.1, 0.15) is 40.0 Å². The third-order valence-electron chi connectivity index (χ3n) is 5.11. The van der Waals surface area contributed by atoms with E-state index in [-0.39, 0.29) is 23.7 Å². The van der Waals surface area contributed by atoms with Gasteiger partial charge in [0, 0.05) is 56.1 Å². The first kappa shape index (κ1) is 20.2. The van der Waals surface area contributed by atoms with Crippen LogP contribution in [0.2, 0.25) is 0 Å². The van der Waals surface area contributed by atoms with E-state index in [1.165, 1.54) is 0 Å². The second-order valence-electron chi connectivity index (χ2n) is 7.55. The maximum Gasteiger partial charge on any atom is 0.226 e. The van der Waals surface area contributed by atoms with E-state index in [0.29, 0.717) is 31.8 Å². The maximum absolute atomic E-state index is 13.2. The second-order valence-corrected chi connectivity index (χ2v) is 7.55. The summed E-state index contributed by atoms with van der Waals surface area (Å²) in [6.45, 7) is 9.14. The van der Waals surface area contributed by atoms with E-state index in [0.717, 1.165) is 25.2 Å². The van der Waals surface area contributed by atoms with Gasteiger partial charge >= 0.3 is 0 Å². The summed E-state index contributed by atoms with van der Waals surface area (Å²) in [5.41, 5.74) is 6.77. The molecule has 0 saturated carbocycles. The molecule has 1 aliphatic heterocycles. The number of nitrogens with zero attached hydrogens (tertiary/aromatic N) is 3. The number of aromatic nitrogens is 1. The summed E-state index contributed by atoms with van der Waals surface area (Å²) < 4.78 is 0. The van der Waals surface area contributed by atoms with Crippen molar-refractivity contribution in [2.24, 2.45) is 23.5 Å². The second kappa shape index (κ2) is 9.55. The smallest absolute Gasteiger partial charge is 0.226 e. The lowest BCUT2D eigenvalue weighted by atomic mass is 9.81. The highest BCUT2D eigenvalue weighted by atomic mass is 16.2. The van der Waals surface area contributed by atoms with Crippen LogP contribution in [-0.4, -0.2) is 47.9 Å². The summed E-state index contributed by atoms with van der Waals surface area (Å²) in [7, 11) is 0. The van der Waals surface area contributed by atoms with Crippen molar-refractivity contribution >= 4 is 17.5 Å². The molecule has 0 bridgehead atoms. The summed E-state index contributed by atoms with van der Waals surface area (Å²) in [4.78, 5) is 33.4. The average Bonchev–Trinajstić information content (AvgIpc) is 2.64. The zero-order valence-electron chi connectivity index (χ0n) is 16.2. The number of pyridine rings is 1. The predicted octanol–water partition coefficient (Wildman–Crippen LogP) is 2.29. The van der Waals surface area contributed by atoms with Crippen LogP contribution in [0.4, 0.5) is 5.69 Å². The maximum atomic E-state index is 13.2. The zero-order valence-corrected chi connectivity index (χ0v) is 16.2. The number of amides is 2. The standard InChI is InChI=1S/C20H32N4O2/c1-4-5-17(19(21)25)18(14-15(2)3)20(26)24-12-10-23(11-13-24)16-6-8-22-9-7-16/h6-9,15,17-18H,4-5,10-14H2,1-3H3,(H2,21,25). The van der Waals surface area contributed by atoms with Crippen molar-refractivity contribution in [3.05, 3.63) is 24.5 Å². The number of rotatable bonds is 8. The first-order chi connectivity index (χ1) is 12.4. The highest BCUT2D eigenvalue weighted by Gasteiger charge is 2.35. The summed E-state index contributed by atoms with van der Waals surface area (Å²) >= 11 is 0. The van der Waals surface area contributed by atoms with Crippen LogP contribution in [0, 0.1) is 17.8 Å². The molecule has 0 aromatic carbocycles. The van der Waals surface area contributed by atoms with Crippen LogP contribution in [-0.2, 0) is 9.59 Å². The topological polar surface area (TPSA) is 79.5 Å². The number of carbonyl (C=O) groups excluding carboxylic acids is 2. The molecule has 2 amide bonds. The molecule has 0 spiro atoms. The Morgan fingerprint density at radius 2 is 1.73 bits per heavy atom. The zero-order chi connectivity index (χ0) is 19.1. The molecule has 1 aromatic rings. The Balaban J connectivity index is 2.05. The molecule has 144 valence electrons. The van der Waals surface area contributed by atoms with E-state index in [9.17, 15) is 9.59 Å². The van der Waals surface area contributed by atoms with Gasteiger partial charge < -0.3 is 15.5 Å². The van der Waals surface area contributed by atoms with Gasteiger partial charge in [0.2, 0.25) is 11.8 Å². The Morgan fingerprint density at radius 3 is 2.23 bits per heavy atom. The van der Waals surface area contributed by atoms with Crippen molar-refractivity contribution in [3.8, 4) is 0 Å². The molecule has 2 N–H and O–H groups in total. The van der Waals surface area contributed by atoms with Crippen LogP contribution < -0.4 is 10.6 Å². The number of nitrogens with two attached hydrogens (primary N) is 1. The molecule has 1 aliphatic rings. The van der Waals surface area contributed by atoms with E-state index in [1.54, 1.807) is 12.4 Å². The minimum Gasteiger partial charge on any atom is -0.369 e. The largest absolute Gasteiger partial charge is 0.369 e. The van der Waals surface area contributed by atoms with Crippen molar-refractivity contribution in [1.29, 1.82) is 0 Å². The molecule has 0 radical (unpaired) electrons. The third kappa shape index (κ3) is 5.19. The molecule has 26 heavy (non-hydrogen) atoms. The summed E-state index contributed by atoms with van der Waals surface area (Å²) in [5.74, 6) is -0.583. The highest BCUT2D eigenvalue weighted by Crippen LogP contribution is 2.27. The predicted molar refractivity (Wildman–Crippen MR) is 104 cm³/mol. The molecule has 2 unspecified atom stereocenters. The monoisotopic (exact) mass is 360 g/mol. The fraction of sp³-hybridized carbons (Fsp3) is 0.650. The SMILES string of the molecule is CCCC(C(N)=O)C(CC(C)C)C(=O)N1CCN(c2ccncc2)CC1. The number of hydrogen-bond donors (Lipinski definition) is 1. The van der Waals surface area contributed by atoms with Crippen molar-refractivity contribution in [2.75, 3.05) is 31.1 Å². The molecule has 2 heterocycles. The fourth-order valence-corrected chi connectivity index (χ4v) is 3.77. The Bertz CT molecular complexity index is 583. The molecular formula is C20H32N4O2. The third-order valence-corrected chi connectivity index (χ3v) is 5.11. The Hall–Kier alpha value is -2.11. The van der Waals surface area contributed by atoms with Gasteiger partial charge in [-0.25, -0.2) is 0 Å². The summed E-state index contributed by atoms with van der Waals surface area (Å²) in [6, 6.07) is 3.98. The molecule has 2 atom stereocenters. The molecule has 1 fully saturated rings. The van der Waals surface area contributed by atoms with E-state index in [4.69, 9.17) is 5.73 Å². The van der Waals surface area contributed by atoms with Gasteiger partial charge in [-0.3, -0.25) is 14.6 Å². The quantitative estimate of drug-likeness (QED) is 0.771. The van der Waals surface area contributed by atoms with Gasteiger partial charge in [-0.2, -0.15) is 0 Å². The van der Waals surface area contributed by atoms with Crippen LogP contribution in [0.3, 0.4) is 0 Å². The minimum absolute atomic E-state index is 0.0883. The number of piperazine rings is 1. The van der Waals surface area contributed by atoms with Gasteiger partial charge in [0.1, 0.15) is 0 Å². The lowest BCUT2D eigenvalue weighted by Gasteiger charge is -2.39. The summed E-state index contributed by atoms with van der Waals surface area (Å²) in [5, 5.41) is 0. The first-order valence-electron chi connectivity index (χ1n) is 9.67. The van der Waals surface area contributed by atoms with Gasteiger partial charge in [-0.1, -0.05) is 27.2 Å². The van der Waals surface area contributed by atoms with Gasteiger partial charge in [0.25, 0.3) is 0 Å². The van der Waals surface area contributed by atoms with E-state index < -0.39 is 0 Å². The molecule has 2 rings (SSSR count). The normalized spacial score (nSPS) is 17.2. The average molecular weight is 361 g/mol. The van der Waals surface area contributed by atoms with E-state index >= 15 is 0 Å². The molecule has 0 aliphatic carbocycles. The van der Waals surface area contributed by atoms with Crippen LogP contribution in [0.25, 0.3) is 0 Å². The number of carbonyl (C=O) groups is 2. The number of anilines is 1. The van der Waals surface area contributed by atoms with Crippen LogP contribution >= 0.6 is 0 Å². The highest BCUT2D eigenvalue weighted by molar-refractivity contribution is 5.87. The minimum atomic E-state index is -0.367. The fourth-order valence-electron chi connectivity index (χ4n) is 3.77. The van der Waals surface area contributed by atoms with E-state index in [2.05, 4.69) is 23.7 Å². The Kier molecular flexibility index (Phi) is 7.42. The Morgan fingerprint density at radius 1 is 1.12 bits per heavy atom. The lowest BCUT2D eigenvalue weighted by molar-refractivity contribution is -0.142.